The summed E-state index contributed by atoms with van der Waals surface area (Å²) in [5, 5.41) is 11.6. The quantitative estimate of drug-likeness (QED) is 0.812. The molecule has 1 aromatic carbocycles. The number of rotatable bonds is 2. The zero-order valence-electron chi connectivity index (χ0n) is 7.62. The molecule has 0 saturated heterocycles. The fourth-order valence-corrected chi connectivity index (χ4v) is 1.07. The molecule has 0 radical (unpaired) electrons. The van der Waals surface area contributed by atoms with Crippen LogP contribution in [0.5, 0.6) is 0 Å². The smallest absolute Gasteiger partial charge is 0.241 e. The van der Waals surface area contributed by atoms with Gasteiger partial charge < -0.3 is 5.32 Å². The van der Waals surface area contributed by atoms with E-state index in [0.717, 1.165) is 0 Å². The van der Waals surface area contributed by atoms with Crippen LogP contribution in [0.4, 0.5) is 5.69 Å². The monoisotopic (exact) mass is 208 g/mol. The third-order valence-electron chi connectivity index (χ3n) is 1.68. The number of nitrogens with one attached hydrogen (secondary N) is 1. The maximum atomic E-state index is 11.3. The molecule has 0 fully saturated rings. The summed E-state index contributed by atoms with van der Waals surface area (Å²) in [6.07, 6.45) is 0. The average Bonchev–Trinajstić information content (AvgIpc) is 2.16. The number of halogens is 1. The molecule has 1 N–H and O–H groups in total. The van der Waals surface area contributed by atoms with Gasteiger partial charge in [0.1, 0.15) is 5.92 Å². The van der Waals surface area contributed by atoms with Gasteiger partial charge in [0.05, 0.1) is 6.07 Å². The first-order valence-electron chi connectivity index (χ1n) is 4.09. The van der Waals surface area contributed by atoms with Crippen LogP contribution in [-0.2, 0) is 4.79 Å². The Morgan fingerprint density at radius 3 is 2.93 bits per heavy atom. The largest absolute Gasteiger partial charge is 0.325 e. The lowest BCUT2D eigenvalue weighted by Gasteiger charge is -2.05. The van der Waals surface area contributed by atoms with Crippen molar-refractivity contribution in [1.29, 1.82) is 5.26 Å². The molecule has 3 nitrogen and oxygen atoms in total. The average molecular weight is 209 g/mol. The van der Waals surface area contributed by atoms with Crippen LogP contribution < -0.4 is 5.32 Å². The standard InChI is InChI=1S/C10H9ClN2O/c1-7(6-12)10(14)13-9-4-2-3-8(11)5-9/h2-5,7H,1H3,(H,13,14). The van der Waals surface area contributed by atoms with Crippen LogP contribution in [0.1, 0.15) is 6.92 Å². The van der Waals surface area contributed by atoms with E-state index in [1.165, 1.54) is 0 Å². The normalized spacial score (nSPS) is 11.5. The van der Waals surface area contributed by atoms with E-state index >= 15 is 0 Å². The van der Waals surface area contributed by atoms with Crippen molar-refractivity contribution >= 4 is 23.2 Å². The Morgan fingerprint density at radius 2 is 2.36 bits per heavy atom. The van der Waals surface area contributed by atoms with Gasteiger partial charge in [0.2, 0.25) is 5.91 Å². The van der Waals surface area contributed by atoms with Gasteiger partial charge in [-0.1, -0.05) is 17.7 Å². The van der Waals surface area contributed by atoms with Crippen molar-refractivity contribution in [2.75, 3.05) is 5.32 Å². The minimum absolute atomic E-state index is 0.324. The molecule has 1 rings (SSSR count). The number of benzene rings is 1. The van der Waals surface area contributed by atoms with E-state index < -0.39 is 5.92 Å². The van der Waals surface area contributed by atoms with Crippen molar-refractivity contribution in [2.24, 2.45) is 5.92 Å². The topological polar surface area (TPSA) is 52.9 Å². The van der Waals surface area contributed by atoms with Crippen LogP contribution in [0.25, 0.3) is 0 Å². The van der Waals surface area contributed by atoms with Gasteiger partial charge >= 0.3 is 0 Å². The molecule has 0 aliphatic rings. The molecular formula is C10H9ClN2O. The van der Waals surface area contributed by atoms with Gasteiger partial charge in [-0.2, -0.15) is 5.26 Å². The van der Waals surface area contributed by atoms with Crippen LogP contribution in [0.3, 0.4) is 0 Å². The Morgan fingerprint density at radius 1 is 1.64 bits per heavy atom. The molecule has 0 aromatic heterocycles. The molecule has 0 aliphatic heterocycles. The number of nitrogens with zero attached hydrogens (tertiary/aromatic N) is 1. The van der Waals surface area contributed by atoms with Gasteiger partial charge in [-0.25, -0.2) is 0 Å². The van der Waals surface area contributed by atoms with Crippen molar-refractivity contribution in [3.8, 4) is 6.07 Å². The lowest BCUT2D eigenvalue weighted by molar-refractivity contribution is -0.117. The molecular weight excluding hydrogens is 200 g/mol. The van der Waals surface area contributed by atoms with Crippen LogP contribution in [0.2, 0.25) is 5.02 Å². The van der Waals surface area contributed by atoms with Crippen LogP contribution in [0.15, 0.2) is 24.3 Å². The molecule has 72 valence electrons. The van der Waals surface area contributed by atoms with Gasteiger partial charge in [0, 0.05) is 10.7 Å². The number of carbonyl (C=O) groups is 1. The third kappa shape index (κ3) is 2.75. The van der Waals surface area contributed by atoms with Crippen molar-refractivity contribution in [2.45, 2.75) is 6.92 Å². The molecule has 1 amide bonds. The van der Waals surface area contributed by atoms with Gasteiger partial charge in [0.15, 0.2) is 0 Å². The Kier molecular flexibility index (Phi) is 3.49. The first kappa shape index (κ1) is 10.6. The highest BCUT2D eigenvalue weighted by Gasteiger charge is 2.11. The molecule has 0 saturated carbocycles. The fourth-order valence-electron chi connectivity index (χ4n) is 0.875. The highest BCUT2D eigenvalue weighted by Crippen LogP contribution is 2.15. The molecule has 1 unspecified atom stereocenters. The zero-order chi connectivity index (χ0) is 10.6. The summed E-state index contributed by atoms with van der Waals surface area (Å²) in [7, 11) is 0. The predicted octanol–water partition coefficient (Wildman–Crippen LogP) is 2.44. The zero-order valence-corrected chi connectivity index (χ0v) is 8.38. The van der Waals surface area contributed by atoms with Crippen LogP contribution >= 0.6 is 11.6 Å². The summed E-state index contributed by atoms with van der Waals surface area (Å²) in [6.45, 7) is 1.54. The molecule has 14 heavy (non-hydrogen) atoms. The molecule has 4 heteroatoms. The van der Waals surface area contributed by atoms with Crippen LogP contribution in [-0.4, -0.2) is 5.91 Å². The first-order valence-corrected chi connectivity index (χ1v) is 4.47. The van der Waals surface area contributed by atoms with E-state index in [1.807, 2.05) is 6.07 Å². The van der Waals surface area contributed by atoms with E-state index in [1.54, 1.807) is 31.2 Å². The van der Waals surface area contributed by atoms with Gasteiger partial charge in [-0.15, -0.1) is 0 Å². The summed E-state index contributed by atoms with van der Waals surface area (Å²) in [5.74, 6) is -0.983. The minimum atomic E-state index is -0.658. The van der Waals surface area contributed by atoms with Gasteiger partial charge in [-0.3, -0.25) is 4.79 Å². The summed E-state index contributed by atoms with van der Waals surface area (Å²) in [4.78, 5) is 11.3. The highest BCUT2D eigenvalue weighted by molar-refractivity contribution is 6.30. The SMILES string of the molecule is CC(C#N)C(=O)Nc1cccc(Cl)c1. The Labute approximate surface area is 87.3 Å². The van der Waals surface area contributed by atoms with Gasteiger partial charge in [-0.05, 0) is 25.1 Å². The maximum absolute atomic E-state index is 11.3. The summed E-state index contributed by atoms with van der Waals surface area (Å²) in [5.41, 5.74) is 0.601. The van der Waals surface area contributed by atoms with Crippen molar-refractivity contribution in [3.05, 3.63) is 29.3 Å². The number of amides is 1. The second-order valence-corrected chi connectivity index (χ2v) is 3.29. The molecule has 1 atom stereocenters. The van der Waals surface area contributed by atoms with Crippen molar-refractivity contribution in [3.63, 3.8) is 0 Å². The van der Waals surface area contributed by atoms with Gasteiger partial charge in [0.25, 0.3) is 0 Å². The predicted molar refractivity (Wildman–Crippen MR) is 54.9 cm³/mol. The maximum Gasteiger partial charge on any atom is 0.241 e. The number of hydrogen-bond acceptors (Lipinski definition) is 2. The Bertz CT molecular complexity index is 384. The van der Waals surface area contributed by atoms with E-state index in [2.05, 4.69) is 5.32 Å². The Hall–Kier alpha value is -1.53. The van der Waals surface area contributed by atoms with E-state index in [9.17, 15) is 4.79 Å². The fraction of sp³-hybridized carbons (Fsp3) is 0.200. The van der Waals surface area contributed by atoms with E-state index in [0.29, 0.717) is 10.7 Å². The van der Waals surface area contributed by atoms with E-state index in [-0.39, 0.29) is 5.91 Å². The molecule has 0 heterocycles. The number of anilines is 1. The minimum Gasteiger partial charge on any atom is -0.325 e. The molecule has 1 aromatic rings. The second-order valence-electron chi connectivity index (χ2n) is 2.85. The summed E-state index contributed by atoms with van der Waals surface area (Å²) >= 11 is 5.73. The second kappa shape index (κ2) is 4.64. The summed E-state index contributed by atoms with van der Waals surface area (Å²) in [6, 6.07) is 8.64. The summed E-state index contributed by atoms with van der Waals surface area (Å²) < 4.78 is 0. The molecule has 0 aliphatic carbocycles. The molecule has 0 spiro atoms. The Balaban J connectivity index is 2.71. The first-order chi connectivity index (χ1) is 6.63. The number of nitriles is 1. The lowest BCUT2D eigenvalue weighted by Crippen LogP contribution is -2.18. The third-order valence-corrected chi connectivity index (χ3v) is 1.91. The highest BCUT2D eigenvalue weighted by atomic mass is 35.5. The van der Waals surface area contributed by atoms with E-state index in [4.69, 9.17) is 16.9 Å². The number of hydrogen-bond donors (Lipinski definition) is 1. The van der Waals surface area contributed by atoms with Crippen molar-refractivity contribution < 1.29 is 4.79 Å². The van der Waals surface area contributed by atoms with Crippen molar-refractivity contribution in [1.82, 2.24) is 0 Å². The number of carbonyl (C=O) groups excluding carboxylic acids is 1. The lowest BCUT2D eigenvalue weighted by atomic mass is 10.2. The van der Waals surface area contributed by atoms with Crippen LogP contribution in [0, 0.1) is 17.2 Å². The molecule has 0 bridgehead atoms.